The highest BCUT2D eigenvalue weighted by molar-refractivity contribution is 5.43. The van der Waals surface area contributed by atoms with Crippen molar-refractivity contribution in [1.82, 2.24) is 15.0 Å². The summed E-state index contributed by atoms with van der Waals surface area (Å²) in [5, 5.41) is 0. The SMILES string of the molecule is COc1nc(N)nc(Oc2cc(C)cc(C)c2C)n1. The standard InChI is InChI=1S/C13H16N4O2/c1-7-5-8(2)9(3)10(6-7)19-13-16-11(14)15-12(17-13)18-4/h5-6H,1-4H3,(H2,14,15,16,17). The van der Waals surface area contributed by atoms with Crippen LogP contribution in [0.1, 0.15) is 16.7 Å². The first-order valence-electron chi connectivity index (χ1n) is 5.81. The molecule has 0 saturated heterocycles. The maximum absolute atomic E-state index is 5.67. The molecular formula is C13H16N4O2. The second-order valence-corrected chi connectivity index (χ2v) is 4.27. The molecule has 1 aromatic heterocycles. The fourth-order valence-corrected chi connectivity index (χ4v) is 1.69. The van der Waals surface area contributed by atoms with E-state index in [0.717, 1.165) is 16.7 Å². The highest BCUT2D eigenvalue weighted by Gasteiger charge is 2.10. The largest absolute Gasteiger partial charge is 0.467 e. The molecule has 0 atom stereocenters. The van der Waals surface area contributed by atoms with Crippen LogP contribution in [0.5, 0.6) is 17.8 Å². The molecule has 0 amide bonds. The van der Waals surface area contributed by atoms with Gasteiger partial charge in [0.05, 0.1) is 7.11 Å². The van der Waals surface area contributed by atoms with E-state index < -0.39 is 0 Å². The Morgan fingerprint density at radius 1 is 1.00 bits per heavy atom. The molecule has 0 unspecified atom stereocenters. The van der Waals surface area contributed by atoms with Crippen molar-refractivity contribution >= 4 is 5.95 Å². The Hall–Kier alpha value is -2.37. The summed E-state index contributed by atoms with van der Waals surface area (Å²) in [5.74, 6) is 0.758. The number of nitrogen functional groups attached to an aromatic ring is 1. The van der Waals surface area contributed by atoms with Gasteiger partial charge in [-0.05, 0) is 43.5 Å². The number of benzene rings is 1. The zero-order chi connectivity index (χ0) is 14.0. The molecule has 6 nitrogen and oxygen atoms in total. The predicted molar refractivity (Wildman–Crippen MR) is 71.5 cm³/mol. The number of hydrogen-bond donors (Lipinski definition) is 1. The number of aromatic nitrogens is 3. The Morgan fingerprint density at radius 2 is 1.68 bits per heavy atom. The van der Waals surface area contributed by atoms with E-state index in [-0.39, 0.29) is 18.0 Å². The molecule has 0 aliphatic heterocycles. The third-order valence-corrected chi connectivity index (χ3v) is 2.76. The summed E-state index contributed by atoms with van der Waals surface area (Å²) in [5.41, 5.74) is 8.84. The van der Waals surface area contributed by atoms with Gasteiger partial charge in [0.2, 0.25) is 5.95 Å². The number of nitrogens with two attached hydrogens (primary N) is 1. The molecule has 0 saturated carbocycles. The molecule has 0 bridgehead atoms. The van der Waals surface area contributed by atoms with Crippen molar-refractivity contribution in [2.75, 3.05) is 12.8 Å². The van der Waals surface area contributed by atoms with Crippen molar-refractivity contribution in [2.24, 2.45) is 0 Å². The molecule has 2 rings (SSSR count). The van der Waals surface area contributed by atoms with Crippen molar-refractivity contribution in [1.29, 1.82) is 0 Å². The highest BCUT2D eigenvalue weighted by atomic mass is 16.5. The van der Waals surface area contributed by atoms with Crippen LogP contribution in [0.4, 0.5) is 5.95 Å². The van der Waals surface area contributed by atoms with Crippen molar-refractivity contribution in [3.05, 3.63) is 28.8 Å². The molecule has 19 heavy (non-hydrogen) atoms. The quantitative estimate of drug-likeness (QED) is 0.910. The third kappa shape index (κ3) is 2.90. The Morgan fingerprint density at radius 3 is 2.37 bits per heavy atom. The molecule has 1 heterocycles. The number of rotatable bonds is 3. The molecule has 2 aromatic rings. The summed E-state index contributed by atoms with van der Waals surface area (Å²) in [6.45, 7) is 6.01. The number of nitrogens with zero attached hydrogens (tertiary/aromatic N) is 3. The van der Waals surface area contributed by atoms with Crippen LogP contribution in [0.25, 0.3) is 0 Å². The van der Waals surface area contributed by atoms with Gasteiger partial charge in [0.25, 0.3) is 0 Å². The number of hydrogen-bond acceptors (Lipinski definition) is 6. The lowest BCUT2D eigenvalue weighted by Crippen LogP contribution is -2.03. The van der Waals surface area contributed by atoms with E-state index in [2.05, 4.69) is 21.0 Å². The lowest BCUT2D eigenvalue weighted by molar-refractivity contribution is 0.360. The molecular weight excluding hydrogens is 244 g/mol. The van der Waals surface area contributed by atoms with Gasteiger partial charge in [0, 0.05) is 0 Å². The van der Waals surface area contributed by atoms with E-state index in [4.69, 9.17) is 15.2 Å². The van der Waals surface area contributed by atoms with E-state index in [1.165, 1.54) is 7.11 Å². The Bertz CT molecular complexity index is 614. The second-order valence-electron chi connectivity index (χ2n) is 4.27. The van der Waals surface area contributed by atoms with Crippen molar-refractivity contribution in [3.63, 3.8) is 0 Å². The molecule has 0 radical (unpaired) electrons. The van der Waals surface area contributed by atoms with E-state index in [0.29, 0.717) is 5.75 Å². The zero-order valence-corrected chi connectivity index (χ0v) is 11.4. The van der Waals surface area contributed by atoms with Crippen LogP contribution in [-0.4, -0.2) is 22.1 Å². The minimum atomic E-state index is 0.0591. The number of methoxy groups -OCH3 is 1. The normalized spacial score (nSPS) is 10.3. The fourth-order valence-electron chi connectivity index (χ4n) is 1.69. The summed E-state index contributed by atoms with van der Waals surface area (Å²) in [4.78, 5) is 11.7. The molecule has 0 aliphatic carbocycles. The summed E-state index contributed by atoms with van der Waals surface area (Å²) in [7, 11) is 1.46. The summed E-state index contributed by atoms with van der Waals surface area (Å²) in [6, 6.07) is 4.27. The first-order chi connectivity index (χ1) is 8.99. The Kier molecular flexibility index (Phi) is 3.50. The van der Waals surface area contributed by atoms with Gasteiger partial charge in [-0.1, -0.05) is 6.07 Å². The maximum atomic E-state index is 5.67. The summed E-state index contributed by atoms with van der Waals surface area (Å²) < 4.78 is 10.6. The van der Waals surface area contributed by atoms with E-state index in [1.807, 2.05) is 26.8 Å². The molecule has 1 aromatic carbocycles. The molecule has 0 aliphatic rings. The van der Waals surface area contributed by atoms with Gasteiger partial charge in [-0.25, -0.2) is 0 Å². The Labute approximate surface area is 111 Å². The van der Waals surface area contributed by atoms with Gasteiger partial charge in [-0.2, -0.15) is 9.97 Å². The molecule has 100 valence electrons. The average molecular weight is 260 g/mol. The van der Waals surface area contributed by atoms with Crippen LogP contribution < -0.4 is 15.2 Å². The van der Waals surface area contributed by atoms with Gasteiger partial charge >= 0.3 is 12.0 Å². The topological polar surface area (TPSA) is 83.2 Å². The minimum Gasteiger partial charge on any atom is -0.467 e. The summed E-state index contributed by atoms with van der Waals surface area (Å²) in [6.07, 6.45) is 0. The van der Waals surface area contributed by atoms with Crippen molar-refractivity contribution in [2.45, 2.75) is 20.8 Å². The van der Waals surface area contributed by atoms with Crippen LogP contribution in [-0.2, 0) is 0 Å². The lowest BCUT2D eigenvalue weighted by Gasteiger charge is -2.11. The van der Waals surface area contributed by atoms with E-state index in [1.54, 1.807) is 0 Å². The van der Waals surface area contributed by atoms with Crippen molar-refractivity contribution in [3.8, 4) is 17.8 Å². The zero-order valence-electron chi connectivity index (χ0n) is 11.4. The Balaban J connectivity index is 2.38. The molecule has 0 fully saturated rings. The average Bonchev–Trinajstić information content (AvgIpc) is 2.34. The van der Waals surface area contributed by atoms with Gasteiger partial charge in [-0.3, -0.25) is 0 Å². The molecule has 6 heteroatoms. The first-order valence-corrected chi connectivity index (χ1v) is 5.81. The van der Waals surface area contributed by atoms with Gasteiger partial charge in [-0.15, -0.1) is 4.98 Å². The smallest absolute Gasteiger partial charge is 0.330 e. The third-order valence-electron chi connectivity index (χ3n) is 2.76. The predicted octanol–water partition coefficient (Wildman–Crippen LogP) is 2.18. The first kappa shape index (κ1) is 13.1. The number of ether oxygens (including phenoxy) is 2. The van der Waals surface area contributed by atoms with Crippen LogP contribution >= 0.6 is 0 Å². The highest BCUT2D eigenvalue weighted by Crippen LogP contribution is 2.27. The fraction of sp³-hybridized carbons (Fsp3) is 0.308. The van der Waals surface area contributed by atoms with Crippen LogP contribution in [0, 0.1) is 20.8 Å². The monoisotopic (exact) mass is 260 g/mol. The van der Waals surface area contributed by atoms with Gasteiger partial charge < -0.3 is 15.2 Å². The lowest BCUT2D eigenvalue weighted by atomic mass is 10.1. The maximum Gasteiger partial charge on any atom is 0.330 e. The number of aryl methyl sites for hydroxylation is 2. The van der Waals surface area contributed by atoms with E-state index in [9.17, 15) is 0 Å². The minimum absolute atomic E-state index is 0.0591. The second kappa shape index (κ2) is 5.09. The van der Waals surface area contributed by atoms with Gasteiger partial charge in [0.15, 0.2) is 0 Å². The molecule has 2 N–H and O–H groups in total. The summed E-state index contributed by atoms with van der Waals surface area (Å²) >= 11 is 0. The van der Waals surface area contributed by atoms with Gasteiger partial charge in [0.1, 0.15) is 5.75 Å². The number of anilines is 1. The van der Waals surface area contributed by atoms with E-state index >= 15 is 0 Å². The van der Waals surface area contributed by atoms with Crippen LogP contribution in [0.3, 0.4) is 0 Å². The van der Waals surface area contributed by atoms with Crippen LogP contribution in [0.15, 0.2) is 12.1 Å². The van der Waals surface area contributed by atoms with Crippen molar-refractivity contribution < 1.29 is 9.47 Å². The molecule has 0 spiro atoms. The van der Waals surface area contributed by atoms with Crippen LogP contribution in [0.2, 0.25) is 0 Å².